The van der Waals surface area contributed by atoms with Crippen LogP contribution in [0.4, 0.5) is 5.00 Å². The summed E-state index contributed by atoms with van der Waals surface area (Å²) in [5, 5.41) is 13.0. The van der Waals surface area contributed by atoms with Crippen LogP contribution in [0.3, 0.4) is 0 Å². The second-order valence-electron chi connectivity index (χ2n) is 5.17. The summed E-state index contributed by atoms with van der Waals surface area (Å²) < 4.78 is 0. The molecule has 2 aromatic rings. The average Bonchev–Trinajstić information content (AvgIpc) is 2.83. The molecule has 1 aromatic heterocycles. The number of hydrogen-bond donors (Lipinski definition) is 1. The van der Waals surface area contributed by atoms with Crippen molar-refractivity contribution in [3.63, 3.8) is 0 Å². The van der Waals surface area contributed by atoms with Crippen LogP contribution in [0.15, 0.2) is 30.3 Å². The first kappa shape index (κ1) is 16.3. The fourth-order valence-electron chi connectivity index (χ4n) is 2.67. The van der Waals surface area contributed by atoms with Gasteiger partial charge in [0, 0.05) is 4.88 Å². The summed E-state index contributed by atoms with van der Waals surface area (Å²) in [6.07, 6.45) is 1.53. The van der Waals surface area contributed by atoms with Crippen molar-refractivity contribution >= 4 is 22.2 Å². The summed E-state index contributed by atoms with van der Waals surface area (Å²) in [6.45, 7) is 6.02. The number of benzene rings is 1. The standard InChI is InChI=1S/C18H20N2OS/c1-4-14-12(3)22-18(16(14)11-19)20-17(21)15(5-2)13-9-7-6-8-10-13/h6-10,15H,4-5H2,1-3H3,(H,20,21). The molecule has 22 heavy (non-hydrogen) atoms. The Bertz CT molecular complexity index is 698. The van der Waals surface area contributed by atoms with Gasteiger partial charge in [0.05, 0.1) is 11.5 Å². The molecule has 114 valence electrons. The topological polar surface area (TPSA) is 52.9 Å². The molecular formula is C18H20N2OS. The zero-order valence-electron chi connectivity index (χ0n) is 13.1. The van der Waals surface area contributed by atoms with Crippen molar-refractivity contribution in [1.82, 2.24) is 0 Å². The summed E-state index contributed by atoms with van der Waals surface area (Å²) in [5.41, 5.74) is 2.65. The molecule has 0 saturated heterocycles. The van der Waals surface area contributed by atoms with E-state index in [1.807, 2.05) is 51.1 Å². The van der Waals surface area contributed by atoms with Crippen LogP contribution in [0.1, 0.15) is 47.8 Å². The van der Waals surface area contributed by atoms with E-state index in [1.165, 1.54) is 11.3 Å². The number of anilines is 1. The molecule has 4 heteroatoms. The minimum Gasteiger partial charge on any atom is -0.316 e. The molecule has 0 spiro atoms. The van der Waals surface area contributed by atoms with Crippen molar-refractivity contribution in [1.29, 1.82) is 5.26 Å². The van der Waals surface area contributed by atoms with Crippen LogP contribution in [-0.4, -0.2) is 5.91 Å². The van der Waals surface area contributed by atoms with Crippen LogP contribution >= 0.6 is 11.3 Å². The Morgan fingerprint density at radius 2 is 2.00 bits per heavy atom. The number of nitrogens with one attached hydrogen (secondary N) is 1. The first-order valence-corrected chi connectivity index (χ1v) is 8.32. The van der Waals surface area contributed by atoms with Crippen molar-refractivity contribution in [2.75, 3.05) is 5.32 Å². The summed E-state index contributed by atoms with van der Waals surface area (Å²) in [7, 11) is 0. The van der Waals surface area contributed by atoms with Gasteiger partial charge in [-0.25, -0.2) is 0 Å². The summed E-state index contributed by atoms with van der Waals surface area (Å²) in [6, 6.07) is 12.0. The van der Waals surface area contributed by atoms with Gasteiger partial charge in [0.1, 0.15) is 11.1 Å². The van der Waals surface area contributed by atoms with Crippen molar-refractivity contribution < 1.29 is 4.79 Å². The van der Waals surface area contributed by atoms with Crippen LogP contribution in [0.2, 0.25) is 0 Å². The molecule has 1 heterocycles. The molecule has 1 N–H and O–H groups in total. The lowest BCUT2D eigenvalue weighted by molar-refractivity contribution is -0.117. The molecule has 0 aliphatic carbocycles. The normalized spacial score (nSPS) is 11.7. The van der Waals surface area contributed by atoms with E-state index in [2.05, 4.69) is 11.4 Å². The van der Waals surface area contributed by atoms with Crippen molar-refractivity contribution in [2.24, 2.45) is 0 Å². The number of aryl methyl sites for hydroxylation is 1. The maximum atomic E-state index is 12.6. The largest absolute Gasteiger partial charge is 0.316 e. The van der Waals surface area contributed by atoms with Crippen molar-refractivity contribution in [3.05, 3.63) is 51.9 Å². The van der Waals surface area contributed by atoms with E-state index < -0.39 is 0 Å². The number of carbonyl (C=O) groups excluding carboxylic acids is 1. The molecule has 1 atom stereocenters. The van der Waals surface area contributed by atoms with Crippen LogP contribution in [0.25, 0.3) is 0 Å². The number of nitrogens with zero attached hydrogens (tertiary/aromatic N) is 1. The van der Waals surface area contributed by atoms with E-state index in [0.717, 1.165) is 28.8 Å². The second-order valence-corrected chi connectivity index (χ2v) is 6.39. The Morgan fingerprint density at radius 1 is 1.32 bits per heavy atom. The molecule has 0 saturated carbocycles. The van der Waals surface area contributed by atoms with E-state index in [4.69, 9.17) is 0 Å². The zero-order chi connectivity index (χ0) is 16.1. The third-order valence-electron chi connectivity index (χ3n) is 3.84. The highest BCUT2D eigenvalue weighted by Crippen LogP contribution is 2.34. The number of amides is 1. The van der Waals surface area contributed by atoms with Crippen molar-refractivity contribution in [2.45, 2.75) is 39.5 Å². The minimum atomic E-state index is -0.194. The number of nitriles is 1. The van der Waals surface area contributed by atoms with E-state index >= 15 is 0 Å². The summed E-state index contributed by atoms with van der Waals surface area (Å²) >= 11 is 1.49. The van der Waals surface area contributed by atoms with Crippen LogP contribution in [-0.2, 0) is 11.2 Å². The van der Waals surface area contributed by atoms with Gasteiger partial charge in [0.2, 0.25) is 5.91 Å². The Balaban J connectivity index is 2.27. The third kappa shape index (κ3) is 3.20. The Labute approximate surface area is 135 Å². The number of rotatable bonds is 5. The SMILES string of the molecule is CCc1c(C)sc(NC(=O)C(CC)c2ccccc2)c1C#N. The maximum absolute atomic E-state index is 12.6. The third-order valence-corrected chi connectivity index (χ3v) is 4.90. The maximum Gasteiger partial charge on any atom is 0.232 e. The smallest absolute Gasteiger partial charge is 0.232 e. The van der Waals surface area contributed by atoms with E-state index in [-0.39, 0.29) is 11.8 Å². The summed E-state index contributed by atoms with van der Waals surface area (Å²) in [4.78, 5) is 13.7. The van der Waals surface area contributed by atoms with Gasteiger partial charge in [-0.15, -0.1) is 11.3 Å². The highest BCUT2D eigenvalue weighted by atomic mass is 32.1. The lowest BCUT2D eigenvalue weighted by Crippen LogP contribution is -2.20. The van der Waals surface area contributed by atoms with Crippen molar-refractivity contribution in [3.8, 4) is 6.07 Å². The van der Waals surface area contributed by atoms with Gasteiger partial charge in [-0.3, -0.25) is 4.79 Å². The molecule has 1 aromatic carbocycles. The molecule has 3 nitrogen and oxygen atoms in total. The highest BCUT2D eigenvalue weighted by Gasteiger charge is 2.22. The van der Waals surface area contributed by atoms with Gasteiger partial charge in [0.25, 0.3) is 0 Å². The fourth-order valence-corrected chi connectivity index (χ4v) is 3.77. The average molecular weight is 312 g/mol. The molecular weight excluding hydrogens is 292 g/mol. The van der Waals surface area contributed by atoms with Gasteiger partial charge in [-0.1, -0.05) is 44.2 Å². The van der Waals surface area contributed by atoms with E-state index in [0.29, 0.717) is 10.6 Å². The highest BCUT2D eigenvalue weighted by molar-refractivity contribution is 7.16. The number of thiophene rings is 1. The van der Waals surface area contributed by atoms with Gasteiger partial charge < -0.3 is 5.32 Å². The molecule has 0 aliphatic heterocycles. The van der Waals surface area contributed by atoms with E-state index in [9.17, 15) is 10.1 Å². The molecule has 0 bridgehead atoms. The zero-order valence-corrected chi connectivity index (χ0v) is 14.0. The number of carbonyl (C=O) groups is 1. The van der Waals surface area contributed by atoms with Gasteiger partial charge in [-0.05, 0) is 30.9 Å². The Morgan fingerprint density at radius 3 is 2.55 bits per heavy atom. The first-order valence-electron chi connectivity index (χ1n) is 7.50. The van der Waals surface area contributed by atoms with Gasteiger partial charge >= 0.3 is 0 Å². The predicted molar refractivity (Wildman–Crippen MR) is 91.3 cm³/mol. The predicted octanol–water partition coefficient (Wildman–Crippen LogP) is 4.62. The Hall–Kier alpha value is -2.12. The second kappa shape index (κ2) is 7.24. The lowest BCUT2D eigenvalue weighted by atomic mass is 9.95. The monoisotopic (exact) mass is 312 g/mol. The van der Waals surface area contributed by atoms with Gasteiger partial charge in [-0.2, -0.15) is 5.26 Å². The number of hydrogen-bond acceptors (Lipinski definition) is 3. The van der Waals surface area contributed by atoms with Crippen LogP contribution < -0.4 is 5.32 Å². The first-order chi connectivity index (χ1) is 10.6. The Kier molecular flexibility index (Phi) is 5.35. The molecule has 1 amide bonds. The molecule has 0 radical (unpaired) electrons. The molecule has 0 aliphatic rings. The lowest BCUT2D eigenvalue weighted by Gasteiger charge is -2.14. The van der Waals surface area contributed by atoms with Gasteiger partial charge in [0.15, 0.2) is 0 Å². The molecule has 1 unspecified atom stereocenters. The van der Waals surface area contributed by atoms with E-state index in [1.54, 1.807) is 0 Å². The molecule has 2 rings (SSSR count). The summed E-state index contributed by atoms with van der Waals surface area (Å²) in [5.74, 6) is -0.241. The van der Waals surface area contributed by atoms with Crippen LogP contribution in [0, 0.1) is 18.3 Å². The quantitative estimate of drug-likeness (QED) is 0.875. The minimum absolute atomic E-state index is 0.0471. The fraction of sp³-hybridized carbons (Fsp3) is 0.333. The van der Waals surface area contributed by atoms with Crippen LogP contribution in [0.5, 0.6) is 0 Å². The molecule has 0 fully saturated rings.